The Morgan fingerprint density at radius 1 is 1.06 bits per heavy atom. The van der Waals surface area contributed by atoms with E-state index < -0.39 is 27.8 Å². The number of carbonyl (C=O) groups is 1. The predicted molar refractivity (Wildman–Crippen MR) is 113 cm³/mol. The molecule has 1 fully saturated rings. The number of nitrogens with zero attached hydrogens (tertiary/aromatic N) is 4. The van der Waals surface area contributed by atoms with Crippen LogP contribution in [0.3, 0.4) is 0 Å². The van der Waals surface area contributed by atoms with E-state index in [1.165, 1.54) is 12.1 Å². The van der Waals surface area contributed by atoms with Gasteiger partial charge in [-0.15, -0.1) is 0 Å². The number of halogens is 1. The zero-order valence-corrected chi connectivity index (χ0v) is 17.6. The maximum Gasteiger partial charge on any atom is 0.317 e. The number of nitro groups is 2. The summed E-state index contributed by atoms with van der Waals surface area (Å²) in [6, 6.07) is 9.21. The van der Waals surface area contributed by atoms with Crippen LogP contribution in [0, 0.1) is 26.0 Å². The molecule has 1 saturated heterocycles. The van der Waals surface area contributed by atoms with E-state index in [-0.39, 0.29) is 29.6 Å². The zero-order chi connectivity index (χ0) is 23.4. The molecule has 32 heavy (non-hydrogen) atoms. The van der Waals surface area contributed by atoms with Crippen LogP contribution in [0.1, 0.15) is 19.4 Å². The fourth-order valence-electron chi connectivity index (χ4n) is 3.70. The lowest BCUT2D eigenvalue weighted by Crippen LogP contribution is -2.58. The summed E-state index contributed by atoms with van der Waals surface area (Å²) in [5.41, 5.74) is -0.0355. The second-order valence-electron chi connectivity index (χ2n) is 7.75. The van der Waals surface area contributed by atoms with Gasteiger partial charge in [-0.05, 0) is 37.6 Å². The lowest BCUT2D eigenvalue weighted by Gasteiger charge is -2.44. The van der Waals surface area contributed by atoms with Crippen molar-refractivity contribution in [2.45, 2.75) is 32.5 Å². The van der Waals surface area contributed by atoms with E-state index in [1.807, 2.05) is 13.8 Å². The molecule has 0 radical (unpaired) electrons. The minimum atomic E-state index is -0.786. The van der Waals surface area contributed by atoms with Crippen LogP contribution in [0.15, 0.2) is 42.5 Å². The van der Waals surface area contributed by atoms with E-state index in [0.717, 1.165) is 23.8 Å². The standard InChI is InChI=1S/C21H23FN4O6/c1-14-11-24(15(2)10-23(14)12-16-3-5-17(22)6-4-16)21(27)13-32-20-8-7-18(25(28)29)9-19(20)26(30)31/h3-9,14-15H,10-13H2,1-2H3. The van der Waals surface area contributed by atoms with Gasteiger partial charge < -0.3 is 9.64 Å². The van der Waals surface area contributed by atoms with Gasteiger partial charge >= 0.3 is 5.69 Å². The van der Waals surface area contributed by atoms with Crippen LogP contribution in [-0.4, -0.2) is 57.3 Å². The molecule has 1 heterocycles. The number of carbonyl (C=O) groups excluding carboxylic acids is 1. The highest BCUT2D eigenvalue weighted by Crippen LogP contribution is 2.31. The normalized spacial score (nSPS) is 18.9. The van der Waals surface area contributed by atoms with Crippen LogP contribution >= 0.6 is 0 Å². The van der Waals surface area contributed by atoms with Crippen molar-refractivity contribution in [2.24, 2.45) is 0 Å². The third kappa shape index (κ3) is 5.35. The van der Waals surface area contributed by atoms with Gasteiger partial charge in [-0.25, -0.2) is 4.39 Å². The maximum atomic E-state index is 13.1. The number of non-ortho nitro benzene ring substituents is 1. The third-order valence-corrected chi connectivity index (χ3v) is 5.44. The fourth-order valence-corrected chi connectivity index (χ4v) is 3.70. The number of hydrogen-bond donors (Lipinski definition) is 0. The average Bonchev–Trinajstić information content (AvgIpc) is 2.75. The third-order valence-electron chi connectivity index (χ3n) is 5.44. The molecule has 3 rings (SSSR count). The zero-order valence-electron chi connectivity index (χ0n) is 17.6. The Morgan fingerprint density at radius 2 is 1.75 bits per heavy atom. The van der Waals surface area contributed by atoms with Crippen LogP contribution in [-0.2, 0) is 11.3 Å². The van der Waals surface area contributed by atoms with Crippen molar-refractivity contribution in [3.05, 3.63) is 74.1 Å². The van der Waals surface area contributed by atoms with Crippen LogP contribution in [0.4, 0.5) is 15.8 Å². The van der Waals surface area contributed by atoms with Gasteiger partial charge in [0.15, 0.2) is 12.4 Å². The molecule has 2 unspecified atom stereocenters. The SMILES string of the molecule is CC1CN(C(=O)COc2ccc([N+](=O)[O-])cc2[N+](=O)[O-])C(C)CN1Cc1ccc(F)cc1. The smallest absolute Gasteiger partial charge is 0.317 e. The monoisotopic (exact) mass is 446 g/mol. The molecule has 0 saturated carbocycles. The quantitative estimate of drug-likeness (QED) is 0.473. The Labute approximate surface area is 183 Å². The molecule has 0 aliphatic carbocycles. The van der Waals surface area contributed by atoms with Gasteiger partial charge in [0.05, 0.1) is 15.9 Å². The van der Waals surface area contributed by atoms with Gasteiger partial charge in [0.25, 0.3) is 11.6 Å². The van der Waals surface area contributed by atoms with Crippen LogP contribution < -0.4 is 4.74 Å². The molecule has 2 aromatic carbocycles. The first-order valence-electron chi connectivity index (χ1n) is 9.99. The lowest BCUT2D eigenvalue weighted by molar-refractivity contribution is -0.394. The number of amides is 1. The highest BCUT2D eigenvalue weighted by atomic mass is 19.1. The molecular formula is C21H23FN4O6. The summed E-state index contributed by atoms with van der Waals surface area (Å²) in [7, 11) is 0. The molecule has 1 aliphatic rings. The molecule has 1 aliphatic heterocycles. The van der Waals surface area contributed by atoms with Crippen molar-refractivity contribution in [3.8, 4) is 5.75 Å². The Balaban J connectivity index is 1.62. The fraction of sp³-hybridized carbons (Fsp3) is 0.381. The van der Waals surface area contributed by atoms with Crippen molar-refractivity contribution >= 4 is 17.3 Å². The van der Waals surface area contributed by atoms with E-state index >= 15 is 0 Å². The number of benzene rings is 2. The van der Waals surface area contributed by atoms with Gasteiger partial charge in [0.1, 0.15) is 5.82 Å². The maximum absolute atomic E-state index is 13.1. The highest BCUT2D eigenvalue weighted by Gasteiger charge is 2.32. The number of nitro benzene ring substituents is 2. The molecule has 11 heteroatoms. The summed E-state index contributed by atoms with van der Waals surface area (Å²) >= 11 is 0. The largest absolute Gasteiger partial charge is 0.477 e. The lowest BCUT2D eigenvalue weighted by atomic mass is 10.1. The first-order chi connectivity index (χ1) is 15.2. The molecular weight excluding hydrogens is 423 g/mol. The predicted octanol–water partition coefficient (Wildman–Crippen LogP) is 3.14. The van der Waals surface area contributed by atoms with Gasteiger partial charge in [-0.2, -0.15) is 0 Å². The van der Waals surface area contributed by atoms with Crippen molar-refractivity contribution in [2.75, 3.05) is 19.7 Å². The van der Waals surface area contributed by atoms with Gasteiger partial charge in [0.2, 0.25) is 0 Å². The summed E-state index contributed by atoms with van der Waals surface area (Å²) in [5.74, 6) is -0.832. The minimum Gasteiger partial charge on any atom is -0.477 e. The van der Waals surface area contributed by atoms with Crippen molar-refractivity contribution < 1.29 is 23.8 Å². The van der Waals surface area contributed by atoms with Gasteiger partial charge in [0, 0.05) is 37.8 Å². The number of ether oxygens (including phenoxy) is 1. The second-order valence-corrected chi connectivity index (χ2v) is 7.75. The summed E-state index contributed by atoms with van der Waals surface area (Å²) in [4.78, 5) is 37.1. The summed E-state index contributed by atoms with van der Waals surface area (Å²) in [6.07, 6.45) is 0. The molecule has 0 N–H and O–H groups in total. The molecule has 0 spiro atoms. The number of rotatable bonds is 7. The van der Waals surface area contributed by atoms with E-state index in [9.17, 15) is 29.4 Å². The molecule has 2 atom stereocenters. The van der Waals surface area contributed by atoms with Crippen LogP contribution in [0.25, 0.3) is 0 Å². The number of hydrogen-bond acceptors (Lipinski definition) is 7. The van der Waals surface area contributed by atoms with Gasteiger partial charge in [-0.1, -0.05) is 12.1 Å². The molecule has 0 aromatic heterocycles. The molecule has 2 aromatic rings. The van der Waals surface area contributed by atoms with Crippen molar-refractivity contribution in [3.63, 3.8) is 0 Å². The second kappa shape index (κ2) is 9.69. The first kappa shape index (κ1) is 23.1. The van der Waals surface area contributed by atoms with E-state index in [2.05, 4.69) is 4.90 Å². The molecule has 170 valence electrons. The summed E-state index contributed by atoms with van der Waals surface area (Å²) in [6.45, 7) is 5.12. The van der Waals surface area contributed by atoms with Crippen LogP contribution in [0.5, 0.6) is 5.75 Å². The Morgan fingerprint density at radius 3 is 2.38 bits per heavy atom. The summed E-state index contributed by atoms with van der Waals surface area (Å²) < 4.78 is 18.5. The molecule has 0 bridgehead atoms. The Hall–Kier alpha value is -3.60. The summed E-state index contributed by atoms with van der Waals surface area (Å²) in [5, 5.41) is 22.1. The topological polar surface area (TPSA) is 119 Å². The Kier molecular flexibility index (Phi) is 6.98. The minimum absolute atomic E-state index is 0.0360. The van der Waals surface area contributed by atoms with Crippen molar-refractivity contribution in [1.29, 1.82) is 0 Å². The van der Waals surface area contributed by atoms with Crippen LogP contribution in [0.2, 0.25) is 0 Å². The molecule has 1 amide bonds. The van der Waals surface area contributed by atoms with E-state index in [1.54, 1.807) is 17.0 Å². The number of piperazine rings is 1. The molecule has 10 nitrogen and oxygen atoms in total. The highest BCUT2D eigenvalue weighted by molar-refractivity contribution is 5.78. The first-order valence-corrected chi connectivity index (χ1v) is 9.99. The Bertz CT molecular complexity index is 1020. The van der Waals surface area contributed by atoms with Gasteiger partial charge in [-0.3, -0.25) is 29.9 Å². The average molecular weight is 446 g/mol. The van der Waals surface area contributed by atoms with E-state index in [4.69, 9.17) is 4.74 Å². The van der Waals surface area contributed by atoms with Crippen molar-refractivity contribution in [1.82, 2.24) is 9.80 Å². The van der Waals surface area contributed by atoms with E-state index in [0.29, 0.717) is 19.6 Å².